The predicted octanol–water partition coefficient (Wildman–Crippen LogP) is 3.66. The summed E-state index contributed by atoms with van der Waals surface area (Å²) in [6.07, 6.45) is 3.33. The molecule has 0 unspecified atom stereocenters. The van der Waals surface area contributed by atoms with Crippen LogP contribution in [0.3, 0.4) is 0 Å². The molecule has 1 aliphatic rings. The van der Waals surface area contributed by atoms with E-state index in [0.29, 0.717) is 30.0 Å². The number of rotatable bonds is 6. The van der Waals surface area contributed by atoms with Gasteiger partial charge in [0.15, 0.2) is 12.2 Å². The van der Waals surface area contributed by atoms with E-state index in [1.54, 1.807) is 24.3 Å². The number of benzene rings is 2. The van der Waals surface area contributed by atoms with Gasteiger partial charge in [-0.1, -0.05) is 30.7 Å². The summed E-state index contributed by atoms with van der Waals surface area (Å²) in [6.45, 7) is -0.440. The maximum absolute atomic E-state index is 12.1. The molecule has 3 rings (SSSR count). The van der Waals surface area contributed by atoms with Crippen molar-refractivity contribution in [1.29, 1.82) is 0 Å². The normalized spacial score (nSPS) is 15.6. The Morgan fingerprint density at radius 3 is 2.41 bits per heavy atom. The number of hydrogen-bond acceptors (Lipinski definition) is 5. The number of esters is 1. The molecule has 2 aromatic carbocycles. The quantitative estimate of drug-likeness (QED) is 0.759. The lowest BCUT2D eigenvalue weighted by Gasteiger charge is -2.29. The third-order valence-electron chi connectivity index (χ3n) is 4.49. The minimum absolute atomic E-state index is 0.381. The van der Waals surface area contributed by atoms with Gasteiger partial charge in [0.05, 0.1) is 0 Å². The van der Waals surface area contributed by atoms with Crippen molar-refractivity contribution in [3.05, 3.63) is 54.6 Å². The third-order valence-corrected chi connectivity index (χ3v) is 4.49. The van der Waals surface area contributed by atoms with E-state index in [1.807, 2.05) is 30.3 Å². The van der Waals surface area contributed by atoms with Crippen molar-refractivity contribution in [1.82, 2.24) is 0 Å². The van der Waals surface area contributed by atoms with Crippen LogP contribution in [0.4, 0.5) is 5.69 Å². The summed E-state index contributed by atoms with van der Waals surface area (Å²) in [5, 5.41) is 13.0. The first-order valence-electron chi connectivity index (χ1n) is 9.08. The van der Waals surface area contributed by atoms with E-state index < -0.39 is 24.1 Å². The number of nitrogens with one attached hydrogen (secondary N) is 1. The zero-order valence-corrected chi connectivity index (χ0v) is 15.0. The summed E-state index contributed by atoms with van der Waals surface area (Å²) in [6, 6.07) is 16.2. The average Bonchev–Trinajstić information content (AvgIpc) is 2.68. The van der Waals surface area contributed by atoms with Crippen LogP contribution in [0.1, 0.15) is 32.1 Å². The van der Waals surface area contributed by atoms with Crippen molar-refractivity contribution in [2.75, 3.05) is 11.9 Å². The molecule has 1 amide bonds. The third kappa shape index (κ3) is 5.31. The van der Waals surface area contributed by atoms with E-state index in [4.69, 9.17) is 9.47 Å². The maximum atomic E-state index is 12.1. The second kappa shape index (κ2) is 8.68. The fourth-order valence-corrected chi connectivity index (χ4v) is 3.07. The van der Waals surface area contributed by atoms with Crippen LogP contribution in [0.25, 0.3) is 0 Å². The highest BCUT2D eigenvalue weighted by molar-refractivity contribution is 5.93. The van der Waals surface area contributed by atoms with Gasteiger partial charge in [0.25, 0.3) is 5.91 Å². The Bertz CT molecular complexity index is 784. The number of anilines is 1. The summed E-state index contributed by atoms with van der Waals surface area (Å²) in [5.41, 5.74) is -0.928. The Kier molecular flexibility index (Phi) is 6.08. The summed E-state index contributed by atoms with van der Waals surface area (Å²) in [5.74, 6) is 0.0706. The van der Waals surface area contributed by atoms with Crippen molar-refractivity contribution >= 4 is 17.6 Å². The van der Waals surface area contributed by atoms with Gasteiger partial charge in [-0.2, -0.15) is 0 Å². The van der Waals surface area contributed by atoms with Crippen LogP contribution >= 0.6 is 0 Å². The number of carbonyl (C=O) groups is 2. The van der Waals surface area contributed by atoms with Gasteiger partial charge in [0, 0.05) is 11.8 Å². The number of carbonyl (C=O) groups excluding carboxylic acids is 2. The van der Waals surface area contributed by atoms with E-state index in [9.17, 15) is 14.7 Å². The molecule has 0 spiro atoms. The average molecular weight is 369 g/mol. The maximum Gasteiger partial charge on any atom is 0.338 e. The van der Waals surface area contributed by atoms with E-state index in [0.717, 1.165) is 19.3 Å². The lowest BCUT2D eigenvalue weighted by Crippen LogP contribution is -2.42. The van der Waals surface area contributed by atoms with E-state index in [2.05, 4.69) is 5.32 Å². The molecule has 0 heterocycles. The Balaban J connectivity index is 1.52. The Morgan fingerprint density at radius 2 is 1.67 bits per heavy atom. The van der Waals surface area contributed by atoms with Crippen molar-refractivity contribution < 1.29 is 24.2 Å². The molecule has 0 aliphatic heterocycles. The van der Waals surface area contributed by atoms with Gasteiger partial charge in [-0.15, -0.1) is 0 Å². The molecule has 142 valence electrons. The van der Waals surface area contributed by atoms with E-state index in [-0.39, 0.29) is 0 Å². The second-order valence-corrected chi connectivity index (χ2v) is 6.66. The van der Waals surface area contributed by atoms with Crippen LogP contribution in [0.15, 0.2) is 54.6 Å². The van der Waals surface area contributed by atoms with E-state index in [1.165, 1.54) is 0 Å². The molecule has 0 bridgehead atoms. The number of para-hydroxylation sites is 1. The molecule has 6 nitrogen and oxygen atoms in total. The lowest BCUT2D eigenvalue weighted by atomic mass is 9.85. The number of hydrogen-bond donors (Lipinski definition) is 2. The zero-order chi connectivity index (χ0) is 19.1. The van der Waals surface area contributed by atoms with Crippen LogP contribution in [0.5, 0.6) is 11.5 Å². The van der Waals surface area contributed by atoms with Crippen LogP contribution in [0.2, 0.25) is 0 Å². The number of amides is 1. The molecule has 1 aliphatic carbocycles. The molecule has 2 aromatic rings. The second-order valence-electron chi connectivity index (χ2n) is 6.66. The van der Waals surface area contributed by atoms with Gasteiger partial charge in [-0.3, -0.25) is 4.79 Å². The SMILES string of the molecule is O=C(COC(=O)C1(O)CCCCC1)Nc1cccc(Oc2ccccc2)c1. The summed E-state index contributed by atoms with van der Waals surface area (Å²) in [4.78, 5) is 24.1. The first kappa shape index (κ1) is 18.9. The molecular formula is C21H23NO5. The highest BCUT2D eigenvalue weighted by Crippen LogP contribution is 2.29. The van der Waals surface area contributed by atoms with Crippen LogP contribution in [-0.4, -0.2) is 29.2 Å². The Labute approximate surface area is 158 Å². The number of aliphatic hydroxyl groups is 1. The molecular weight excluding hydrogens is 346 g/mol. The topological polar surface area (TPSA) is 84.9 Å². The molecule has 1 fully saturated rings. The smallest absolute Gasteiger partial charge is 0.338 e. The molecule has 0 saturated heterocycles. The molecule has 2 N–H and O–H groups in total. The van der Waals surface area contributed by atoms with Crippen LogP contribution < -0.4 is 10.1 Å². The lowest BCUT2D eigenvalue weighted by molar-refractivity contribution is -0.170. The van der Waals surface area contributed by atoms with Crippen molar-refractivity contribution in [2.24, 2.45) is 0 Å². The predicted molar refractivity (Wildman–Crippen MR) is 101 cm³/mol. The zero-order valence-electron chi connectivity index (χ0n) is 15.0. The highest BCUT2D eigenvalue weighted by Gasteiger charge is 2.38. The first-order chi connectivity index (χ1) is 13.0. The molecule has 0 radical (unpaired) electrons. The van der Waals surface area contributed by atoms with Gasteiger partial charge in [-0.25, -0.2) is 4.79 Å². The van der Waals surface area contributed by atoms with Crippen molar-refractivity contribution in [3.8, 4) is 11.5 Å². The first-order valence-corrected chi connectivity index (χ1v) is 9.08. The van der Waals surface area contributed by atoms with Crippen molar-refractivity contribution in [2.45, 2.75) is 37.7 Å². The van der Waals surface area contributed by atoms with Gasteiger partial charge >= 0.3 is 5.97 Å². The summed E-state index contributed by atoms with van der Waals surface area (Å²) in [7, 11) is 0. The minimum Gasteiger partial charge on any atom is -0.457 e. The fourth-order valence-electron chi connectivity index (χ4n) is 3.07. The van der Waals surface area contributed by atoms with Gasteiger partial charge < -0.3 is 19.9 Å². The Morgan fingerprint density at radius 1 is 0.963 bits per heavy atom. The minimum atomic E-state index is -1.46. The monoisotopic (exact) mass is 369 g/mol. The van der Waals surface area contributed by atoms with Crippen molar-refractivity contribution in [3.63, 3.8) is 0 Å². The van der Waals surface area contributed by atoms with Gasteiger partial charge in [-0.05, 0) is 49.9 Å². The highest BCUT2D eigenvalue weighted by atomic mass is 16.6. The molecule has 0 atom stereocenters. The van der Waals surface area contributed by atoms with Crippen LogP contribution in [-0.2, 0) is 14.3 Å². The molecule has 0 aromatic heterocycles. The van der Waals surface area contributed by atoms with E-state index >= 15 is 0 Å². The summed E-state index contributed by atoms with van der Waals surface area (Å²) >= 11 is 0. The van der Waals surface area contributed by atoms with Gasteiger partial charge in [0.1, 0.15) is 11.5 Å². The molecule has 1 saturated carbocycles. The standard InChI is InChI=1S/C21H23NO5/c23-19(15-26-20(24)21(25)12-5-2-6-13-21)22-16-8-7-11-18(14-16)27-17-9-3-1-4-10-17/h1,3-4,7-11,14,25H,2,5-6,12-13,15H2,(H,22,23). The summed E-state index contributed by atoms with van der Waals surface area (Å²) < 4.78 is 10.7. The molecule has 6 heteroatoms. The van der Waals surface area contributed by atoms with Gasteiger partial charge in [0.2, 0.25) is 0 Å². The Hall–Kier alpha value is -2.86. The largest absolute Gasteiger partial charge is 0.457 e. The van der Waals surface area contributed by atoms with Crippen LogP contribution in [0, 0.1) is 0 Å². The number of ether oxygens (including phenoxy) is 2. The molecule has 27 heavy (non-hydrogen) atoms. The fraction of sp³-hybridized carbons (Fsp3) is 0.333.